The van der Waals surface area contributed by atoms with Crippen LogP contribution in [0.5, 0.6) is 0 Å². The number of rotatable bonds is 3. The molecule has 0 radical (unpaired) electrons. The number of carboxylic acid groups (broad SMARTS) is 2. The smallest absolute Gasteiger partial charge is 0.328 e. The van der Waals surface area contributed by atoms with Gasteiger partial charge < -0.3 is 20.4 Å². The molecule has 2 unspecified atom stereocenters. The van der Waals surface area contributed by atoms with Crippen LogP contribution >= 0.6 is 11.3 Å². The normalized spacial score (nSPS) is 22.0. The van der Waals surface area contributed by atoms with Crippen molar-refractivity contribution in [3.8, 4) is 0 Å². The number of thiophene rings is 1. The SMILES string of the molecule is O=C(O)/C=C\C(=O)O.c1ccc2c(N3CC4CNCC4C3)csc2c1. The zero-order valence-electron chi connectivity index (χ0n) is 13.6. The summed E-state index contributed by atoms with van der Waals surface area (Å²) in [4.78, 5) is 21.7. The predicted molar refractivity (Wildman–Crippen MR) is 98.3 cm³/mol. The first-order chi connectivity index (χ1) is 12.0. The van der Waals surface area contributed by atoms with E-state index in [-0.39, 0.29) is 0 Å². The van der Waals surface area contributed by atoms with Crippen molar-refractivity contribution < 1.29 is 19.8 Å². The highest BCUT2D eigenvalue weighted by Gasteiger charge is 2.36. The molecule has 6 nitrogen and oxygen atoms in total. The first kappa shape index (κ1) is 17.4. The molecule has 0 amide bonds. The molecule has 3 N–H and O–H groups in total. The monoisotopic (exact) mass is 360 g/mol. The lowest BCUT2D eigenvalue weighted by molar-refractivity contribution is -0.134. The third-order valence-electron chi connectivity index (χ3n) is 4.56. The Balaban J connectivity index is 0.000000197. The molecule has 2 aliphatic rings. The van der Waals surface area contributed by atoms with Crippen molar-refractivity contribution in [2.24, 2.45) is 11.8 Å². The van der Waals surface area contributed by atoms with Crippen LogP contribution in [-0.2, 0) is 9.59 Å². The molecule has 2 aliphatic heterocycles. The Morgan fingerprint density at radius 3 is 2.28 bits per heavy atom. The average Bonchev–Trinajstić information content (AvgIpc) is 3.26. The van der Waals surface area contributed by atoms with Gasteiger partial charge in [-0.2, -0.15) is 0 Å². The Hall–Kier alpha value is -2.38. The van der Waals surface area contributed by atoms with Gasteiger partial charge in [0.25, 0.3) is 0 Å². The van der Waals surface area contributed by atoms with Gasteiger partial charge >= 0.3 is 11.9 Å². The summed E-state index contributed by atoms with van der Waals surface area (Å²) in [6.07, 6.45) is 1.12. The van der Waals surface area contributed by atoms with Gasteiger partial charge in [-0.15, -0.1) is 11.3 Å². The van der Waals surface area contributed by atoms with Gasteiger partial charge in [-0.25, -0.2) is 9.59 Å². The Morgan fingerprint density at radius 2 is 1.68 bits per heavy atom. The first-order valence-corrected chi connectivity index (χ1v) is 8.98. The van der Waals surface area contributed by atoms with E-state index in [1.807, 2.05) is 11.3 Å². The molecule has 0 bridgehead atoms. The molecule has 132 valence electrons. The van der Waals surface area contributed by atoms with Crippen molar-refractivity contribution in [3.63, 3.8) is 0 Å². The summed E-state index contributed by atoms with van der Waals surface area (Å²) in [6.45, 7) is 4.89. The van der Waals surface area contributed by atoms with Crippen molar-refractivity contribution in [2.75, 3.05) is 31.1 Å². The number of fused-ring (bicyclic) bond motifs is 2. The second-order valence-electron chi connectivity index (χ2n) is 6.21. The summed E-state index contributed by atoms with van der Waals surface area (Å²) >= 11 is 1.87. The first-order valence-electron chi connectivity index (χ1n) is 8.10. The van der Waals surface area contributed by atoms with Crippen molar-refractivity contribution in [1.29, 1.82) is 0 Å². The van der Waals surface area contributed by atoms with Crippen molar-refractivity contribution in [2.45, 2.75) is 0 Å². The number of hydrogen-bond donors (Lipinski definition) is 3. The zero-order valence-corrected chi connectivity index (χ0v) is 14.4. The number of nitrogens with zero attached hydrogens (tertiary/aromatic N) is 1. The lowest BCUT2D eigenvalue weighted by Gasteiger charge is -2.18. The fraction of sp³-hybridized carbons (Fsp3) is 0.333. The summed E-state index contributed by atoms with van der Waals surface area (Å²) in [7, 11) is 0. The van der Waals surface area contributed by atoms with Crippen LogP contribution in [0.3, 0.4) is 0 Å². The van der Waals surface area contributed by atoms with Gasteiger partial charge in [-0.05, 0) is 17.9 Å². The van der Waals surface area contributed by atoms with Gasteiger partial charge in [0.1, 0.15) is 0 Å². The van der Waals surface area contributed by atoms with Gasteiger partial charge in [-0.3, -0.25) is 0 Å². The van der Waals surface area contributed by atoms with Gasteiger partial charge in [0, 0.05) is 53.8 Å². The Kier molecular flexibility index (Phi) is 5.35. The van der Waals surface area contributed by atoms with Gasteiger partial charge in [0.2, 0.25) is 0 Å². The maximum Gasteiger partial charge on any atom is 0.328 e. The van der Waals surface area contributed by atoms with E-state index in [9.17, 15) is 9.59 Å². The largest absolute Gasteiger partial charge is 0.478 e. The standard InChI is InChI=1S/C14H16N2S.C4H4O4/c1-2-4-14-12(3-1)13(9-17-14)16-7-10-5-15-6-11(10)8-16;5-3(6)1-2-4(7)8/h1-4,9-11,15H,5-8H2;1-2H,(H,5,6)(H,7,8)/b;2-1-. The molecule has 1 aromatic carbocycles. The molecular weight excluding hydrogens is 340 g/mol. The lowest BCUT2D eigenvalue weighted by Crippen LogP contribution is -2.25. The molecule has 3 heterocycles. The van der Waals surface area contributed by atoms with Crippen LogP contribution in [0.2, 0.25) is 0 Å². The van der Waals surface area contributed by atoms with Crippen LogP contribution in [0.25, 0.3) is 10.1 Å². The van der Waals surface area contributed by atoms with Gasteiger partial charge in [-0.1, -0.05) is 18.2 Å². The average molecular weight is 360 g/mol. The van der Waals surface area contributed by atoms with E-state index in [2.05, 4.69) is 39.9 Å². The molecule has 25 heavy (non-hydrogen) atoms. The van der Waals surface area contributed by atoms with Crippen LogP contribution in [0.15, 0.2) is 41.8 Å². The van der Waals surface area contributed by atoms with Crippen molar-refractivity contribution >= 4 is 39.0 Å². The molecule has 4 rings (SSSR count). The molecule has 2 atom stereocenters. The number of benzene rings is 1. The fourth-order valence-corrected chi connectivity index (χ4v) is 4.37. The minimum absolute atomic E-state index is 0.558. The van der Waals surface area contributed by atoms with Crippen LogP contribution in [0.4, 0.5) is 5.69 Å². The summed E-state index contributed by atoms with van der Waals surface area (Å²) < 4.78 is 1.41. The number of hydrogen-bond acceptors (Lipinski definition) is 5. The van der Waals surface area contributed by atoms with E-state index < -0.39 is 11.9 Å². The third kappa shape index (κ3) is 4.18. The molecule has 7 heteroatoms. The molecule has 0 saturated carbocycles. The van der Waals surface area contributed by atoms with E-state index in [4.69, 9.17) is 10.2 Å². The minimum Gasteiger partial charge on any atom is -0.478 e. The van der Waals surface area contributed by atoms with Crippen molar-refractivity contribution in [1.82, 2.24) is 5.32 Å². The van der Waals surface area contributed by atoms with E-state index >= 15 is 0 Å². The second kappa shape index (κ2) is 7.67. The molecule has 2 aromatic rings. The molecule has 2 saturated heterocycles. The second-order valence-corrected chi connectivity index (χ2v) is 7.12. The van der Waals surface area contributed by atoms with Gasteiger partial charge in [0.15, 0.2) is 0 Å². The topological polar surface area (TPSA) is 89.9 Å². The fourth-order valence-electron chi connectivity index (χ4n) is 3.40. The van der Waals surface area contributed by atoms with E-state index in [1.54, 1.807) is 0 Å². The number of anilines is 1. The number of nitrogens with one attached hydrogen (secondary N) is 1. The summed E-state index contributed by atoms with van der Waals surface area (Å²) in [5.74, 6) is -0.776. The molecule has 1 aromatic heterocycles. The molecule has 2 fully saturated rings. The van der Waals surface area contributed by atoms with Gasteiger partial charge in [0.05, 0.1) is 5.69 Å². The van der Waals surface area contributed by atoms with E-state index in [1.165, 1.54) is 42.0 Å². The molecule has 0 spiro atoms. The van der Waals surface area contributed by atoms with Crippen LogP contribution in [0.1, 0.15) is 0 Å². The quantitative estimate of drug-likeness (QED) is 0.728. The number of carboxylic acids is 2. The number of aliphatic carboxylic acids is 2. The van der Waals surface area contributed by atoms with Crippen LogP contribution < -0.4 is 10.2 Å². The highest BCUT2D eigenvalue weighted by molar-refractivity contribution is 7.17. The summed E-state index contributed by atoms with van der Waals surface area (Å²) in [6, 6.07) is 8.76. The van der Waals surface area contributed by atoms with Crippen LogP contribution in [0, 0.1) is 11.8 Å². The lowest BCUT2D eigenvalue weighted by atomic mass is 10.0. The zero-order chi connectivity index (χ0) is 17.8. The maximum atomic E-state index is 9.55. The Morgan fingerprint density at radius 1 is 1.08 bits per heavy atom. The highest BCUT2D eigenvalue weighted by Crippen LogP contribution is 2.37. The molecular formula is C18H20N2O4S. The third-order valence-corrected chi connectivity index (χ3v) is 5.51. The maximum absolute atomic E-state index is 9.55. The Bertz CT molecular complexity index is 773. The van der Waals surface area contributed by atoms with Crippen molar-refractivity contribution in [3.05, 3.63) is 41.8 Å². The summed E-state index contributed by atoms with van der Waals surface area (Å²) in [5, 5.41) is 22.9. The summed E-state index contributed by atoms with van der Waals surface area (Å²) in [5.41, 5.74) is 1.46. The Labute approximate surface area is 149 Å². The minimum atomic E-state index is -1.26. The highest BCUT2D eigenvalue weighted by atomic mass is 32.1. The predicted octanol–water partition coefficient (Wildman–Crippen LogP) is 2.27. The van der Waals surface area contributed by atoms with E-state index in [0.717, 1.165) is 11.8 Å². The number of carbonyl (C=O) groups is 2. The molecule has 0 aliphatic carbocycles. The van der Waals surface area contributed by atoms with E-state index in [0.29, 0.717) is 12.2 Å². The van der Waals surface area contributed by atoms with Crippen LogP contribution in [-0.4, -0.2) is 48.3 Å².